The van der Waals surface area contributed by atoms with E-state index in [4.69, 9.17) is 21.3 Å². The Morgan fingerprint density at radius 3 is 2.89 bits per heavy atom. The van der Waals surface area contributed by atoms with Crippen LogP contribution in [0, 0.1) is 18.3 Å². The number of benzene rings is 1. The van der Waals surface area contributed by atoms with Crippen molar-refractivity contribution in [2.24, 2.45) is 0 Å². The number of aryl methyl sites for hydroxylation is 1. The fourth-order valence-electron chi connectivity index (χ4n) is 1.50. The lowest BCUT2D eigenvalue weighted by molar-refractivity contribution is 0.506. The number of rotatable bonds is 3. The summed E-state index contributed by atoms with van der Waals surface area (Å²) in [5.74, 6) is 1.02. The molecular weight excluding hydrogens is 316 g/mol. The summed E-state index contributed by atoms with van der Waals surface area (Å²) in [4.78, 5) is 0. The molecule has 0 amide bonds. The van der Waals surface area contributed by atoms with E-state index in [9.17, 15) is 0 Å². The number of hydrogen-bond donors (Lipinski definition) is 1. The maximum atomic E-state index is 8.66. The van der Waals surface area contributed by atoms with E-state index in [0.717, 1.165) is 15.7 Å². The van der Waals surface area contributed by atoms with Gasteiger partial charge in [-0.2, -0.15) is 5.26 Å². The van der Waals surface area contributed by atoms with Gasteiger partial charge in [0.25, 0.3) is 0 Å². The molecular formula is C13H10BrClN2O. The summed E-state index contributed by atoms with van der Waals surface area (Å²) in [5.41, 5.74) is 1.90. The van der Waals surface area contributed by atoms with Gasteiger partial charge in [-0.1, -0.05) is 11.6 Å². The molecule has 0 aliphatic carbocycles. The molecule has 0 spiro atoms. The zero-order chi connectivity index (χ0) is 13.1. The van der Waals surface area contributed by atoms with Crippen molar-refractivity contribution in [3.63, 3.8) is 0 Å². The predicted octanol–water partition coefficient (Wildman–Crippen LogP) is 4.49. The lowest BCUT2D eigenvalue weighted by atomic mass is 10.2. The van der Waals surface area contributed by atoms with Gasteiger partial charge in [-0.15, -0.1) is 0 Å². The second-order valence-electron chi connectivity index (χ2n) is 3.81. The maximum absolute atomic E-state index is 8.66. The van der Waals surface area contributed by atoms with Crippen molar-refractivity contribution >= 4 is 33.2 Å². The topological polar surface area (TPSA) is 49.0 Å². The first-order valence-corrected chi connectivity index (χ1v) is 6.45. The zero-order valence-electron chi connectivity index (χ0n) is 9.63. The van der Waals surface area contributed by atoms with Gasteiger partial charge in [-0.05, 0) is 52.7 Å². The van der Waals surface area contributed by atoms with E-state index < -0.39 is 0 Å². The van der Waals surface area contributed by atoms with Gasteiger partial charge in [0.05, 0.1) is 12.2 Å². The van der Waals surface area contributed by atoms with Crippen LogP contribution in [0.4, 0.5) is 5.69 Å². The molecule has 0 atom stereocenters. The van der Waals surface area contributed by atoms with Gasteiger partial charge in [0.15, 0.2) is 0 Å². The van der Waals surface area contributed by atoms with Crippen LogP contribution >= 0.6 is 27.5 Å². The van der Waals surface area contributed by atoms with E-state index in [1.807, 2.05) is 25.1 Å². The van der Waals surface area contributed by atoms with Crippen molar-refractivity contribution in [3.8, 4) is 6.07 Å². The molecule has 5 heteroatoms. The highest BCUT2D eigenvalue weighted by Crippen LogP contribution is 2.29. The molecule has 0 aliphatic heterocycles. The van der Waals surface area contributed by atoms with Crippen LogP contribution in [-0.2, 0) is 6.54 Å². The van der Waals surface area contributed by atoms with Gasteiger partial charge in [-0.25, -0.2) is 0 Å². The minimum atomic E-state index is 0.313. The van der Waals surface area contributed by atoms with Crippen LogP contribution in [-0.4, -0.2) is 0 Å². The second-order valence-corrected chi connectivity index (χ2v) is 5.07. The van der Waals surface area contributed by atoms with Crippen molar-refractivity contribution in [1.29, 1.82) is 5.26 Å². The number of anilines is 1. The van der Waals surface area contributed by atoms with Gasteiger partial charge in [0, 0.05) is 9.50 Å². The fourth-order valence-corrected chi connectivity index (χ4v) is 2.26. The Balaban J connectivity index is 2.11. The van der Waals surface area contributed by atoms with Gasteiger partial charge < -0.3 is 9.73 Å². The molecule has 2 aromatic rings. The largest absolute Gasteiger partial charge is 0.449 e. The SMILES string of the molecule is Cc1cc(Br)c(NCc2ccc(C#N)o2)cc1Cl. The molecule has 18 heavy (non-hydrogen) atoms. The van der Waals surface area contributed by atoms with Crippen molar-refractivity contribution < 1.29 is 4.42 Å². The number of halogens is 2. The van der Waals surface area contributed by atoms with Crippen LogP contribution in [0.5, 0.6) is 0 Å². The number of nitrogens with zero attached hydrogens (tertiary/aromatic N) is 1. The molecule has 0 fully saturated rings. The molecule has 3 nitrogen and oxygen atoms in total. The summed E-state index contributed by atoms with van der Waals surface area (Å²) in [6, 6.07) is 9.18. The standard InChI is InChI=1S/C13H10BrClN2O/c1-8-4-11(14)13(5-12(8)15)17-7-10-3-2-9(6-16)18-10/h2-5,17H,7H2,1H3. The highest BCUT2D eigenvalue weighted by atomic mass is 79.9. The van der Waals surface area contributed by atoms with E-state index in [0.29, 0.717) is 23.1 Å². The molecule has 0 unspecified atom stereocenters. The molecule has 92 valence electrons. The third-order valence-corrected chi connectivity index (χ3v) is 3.54. The van der Waals surface area contributed by atoms with Gasteiger partial charge in [0.2, 0.25) is 5.76 Å². The zero-order valence-corrected chi connectivity index (χ0v) is 12.0. The Labute approximate surface area is 118 Å². The highest BCUT2D eigenvalue weighted by molar-refractivity contribution is 9.10. The molecule has 1 N–H and O–H groups in total. The Morgan fingerprint density at radius 1 is 1.44 bits per heavy atom. The smallest absolute Gasteiger partial charge is 0.203 e. The molecule has 0 saturated carbocycles. The number of nitrogens with one attached hydrogen (secondary N) is 1. The van der Waals surface area contributed by atoms with Crippen molar-refractivity contribution in [1.82, 2.24) is 0 Å². The first kappa shape index (κ1) is 13.0. The van der Waals surface area contributed by atoms with Crippen LogP contribution in [0.1, 0.15) is 17.1 Å². The molecule has 0 bridgehead atoms. The molecule has 1 aromatic heterocycles. The van der Waals surface area contributed by atoms with Gasteiger partial charge >= 0.3 is 0 Å². The van der Waals surface area contributed by atoms with Gasteiger partial charge in [0.1, 0.15) is 11.8 Å². The van der Waals surface area contributed by atoms with Crippen LogP contribution in [0.3, 0.4) is 0 Å². The van der Waals surface area contributed by atoms with Crippen molar-refractivity contribution in [3.05, 3.63) is 50.8 Å². The predicted molar refractivity (Wildman–Crippen MR) is 74.6 cm³/mol. The second kappa shape index (κ2) is 5.47. The molecule has 0 aliphatic rings. The summed E-state index contributed by atoms with van der Waals surface area (Å²) >= 11 is 9.54. The van der Waals surface area contributed by atoms with E-state index in [-0.39, 0.29) is 0 Å². The average molecular weight is 326 g/mol. The minimum absolute atomic E-state index is 0.313. The Hall–Kier alpha value is -1.44. The highest BCUT2D eigenvalue weighted by Gasteiger charge is 2.06. The first-order valence-electron chi connectivity index (χ1n) is 5.28. The van der Waals surface area contributed by atoms with E-state index >= 15 is 0 Å². The lowest BCUT2D eigenvalue weighted by Gasteiger charge is -2.09. The van der Waals surface area contributed by atoms with Crippen LogP contribution in [0.2, 0.25) is 5.02 Å². The summed E-state index contributed by atoms with van der Waals surface area (Å²) < 4.78 is 6.22. The number of furan rings is 1. The number of hydrogen-bond acceptors (Lipinski definition) is 3. The summed E-state index contributed by atoms with van der Waals surface area (Å²) in [7, 11) is 0. The van der Waals surface area contributed by atoms with Crippen LogP contribution < -0.4 is 5.32 Å². The summed E-state index contributed by atoms with van der Waals surface area (Å²) in [6.07, 6.45) is 0. The average Bonchev–Trinajstić information content (AvgIpc) is 2.80. The maximum Gasteiger partial charge on any atom is 0.203 e. The van der Waals surface area contributed by atoms with Crippen molar-refractivity contribution in [2.45, 2.75) is 13.5 Å². The van der Waals surface area contributed by atoms with E-state index in [1.165, 1.54) is 0 Å². The normalized spacial score (nSPS) is 10.1. The molecule has 1 aromatic carbocycles. The monoisotopic (exact) mass is 324 g/mol. The molecule has 0 radical (unpaired) electrons. The minimum Gasteiger partial charge on any atom is -0.449 e. The third-order valence-electron chi connectivity index (χ3n) is 2.47. The molecule has 0 saturated heterocycles. The lowest BCUT2D eigenvalue weighted by Crippen LogP contribution is -1.99. The van der Waals surface area contributed by atoms with Crippen LogP contribution in [0.25, 0.3) is 0 Å². The Kier molecular flexibility index (Phi) is 3.95. The molecule has 2 rings (SSSR count). The summed E-state index contributed by atoms with van der Waals surface area (Å²) in [5, 5.41) is 12.6. The first-order chi connectivity index (χ1) is 8.60. The Morgan fingerprint density at radius 2 is 2.22 bits per heavy atom. The quantitative estimate of drug-likeness (QED) is 0.904. The van der Waals surface area contributed by atoms with E-state index in [2.05, 4.69) is 21.2 Å². The Bertz CT molecular complexity index is 616. The third kappa shape index (κ3) is 2.87. The van der Waals surface area contributed by atoms with Crippen LogP contribution in [0.15, 0.2) is 33.2 Å². The van der Waals surface area contributed by atoms with Crippen molar-refractivity contribution in [2.75, 3.05) is 5.32 Å². The molecule has 1 heterocycles. The number of nitriles is 1. The summed E-state index contributed by atoms with van der Waals surface area (Å²) in [6.45, 7) is 2.45. The van der Waals surface area contributed by atoms with Gasteiger partial charge in [-0.3, -0.25) is 0 Å². The van der Waals surface area contributed by atoms with E-state index in [1.54, 1.807) is 12.1 Å². The fraction of sp³-hybridized carbons (Fsp3) is 0.154.